The lowest BCUT2D eigenvalue weighted by atomic mass is 9.87. The summed E-state index contributed by atoms with van der Waals surface area (Å²) in [4.78, 5) is 20.3. The number of pyridine rings is 1. The molecule has 1 N–H and O–H groups in total. The van der Waals surface area contributed by atoms with Crippen LogP contribution in [0.4, 0.5) is 0 Å². The van der Waals surface area contributed by atoms with E-state index in [1.54, 1.807) is 18.3 Å². The minimum absolute atomic E-state index is 0.0211. The molecule has 2 heterocycles. The number of nitrogens with zero attached hydrogens (tertiary/aromatic N) is 1. The van der Waals surface area contributed by atoms with Crippen LogP contribution in [0, 0.1) is 6.92 Å². The standard InChI is InChI=1S/C26H31NO3S/c1-15-21(24(16(2)29)30-26(3,4)5)22(18-10-8-9-17(13-18)14-28)23-19-11-6-7-12-20(19)31-25(23)27-15/h8-10,13,24,28H,6-7,11-12,14H2,1-5H3. The number of aryl methyl sites for hydroxylation is 3. The second-order valence-electron chi connectivity index (χ2n) is 9.46. The molecule has 0 saturated heterocycles. The predicted octanol–water partition coefficient (Wildman–Crippen LogP) is 6.09. The Kier molecular flexibility index (Phi) is 6.03. The zero-order chi connectivity index (χ0) is 22.3. The largest absolute Gasteiger partial charge is 0.392 e. The van der Waals surface area contributed by atoms with Gasteiger partial charge < -0.3 is 9.84 Å². The fourth-order valence-corrected chi connectivity index (χ4v) is 5.88. The molecule has 1 aliphatic rings. The van der Waals surface area contributed by atoms with Crippen molar-refractivity contribution < 1.29 is 14.6 Å². The molecule has 5 heteroatoms. The first-order valence-corrected chi connectivity index (χ1v) is 11.8. The summed E-state index contributed by atoms with van der Waals surface area (Å²) in [5, 5.41) is 10.9. The van der Waals surface area contributed by atoms with Gasteiger partial charge in [-0.15, -0.1) is 11.3 Å². The fourth-order valence-electron chi connectivity index (χ4n) is 4.56. The minimum atomic E-state index is -0.691. The van der Waals surface area contributed by atoms with Crippen LogP contribution in [-0.2, 0) is 29.0 Å². The lowest BCUT2D eigenvalue weighted by Gasteiger charge is -2.29. The van der Waals surface area contributed by atoms with E-state index in [2.05, 4.69) is 6.07 Å². The Morgan fingerprint density at radius 3 is 2.68 bits per heavy atom. The zero-order valence-electron chi connectivity index (χ0n) is 19.0. The molecule has 1 aromatic carbocycles. The average Bonchev–Trinajstić information content (AvgIpc) is 3.08. The summed E-state index contributed by atoms with van der Waals surface area (Å²) in [6.45, 7) is 9.48. The highest BCUT2D eigenvalue weighted by atomic mass is 32.1. The summed E-state index contributed by atoms with van der Waals surface area (Å²) in [6, 6.07) is 7.99. The van der Waals surface area contributed by atoms with Crippen LogP contribution in [0.1, 0.15) is 73.9 Å². The normalized spacial score (nSPS) is 15.2. The molecule has 2 aromatic heterocycles. The number of carbonyl (C=O) groups excluding carboxylic acids is 1. The maximum Gasteiger partial charge on any atom is 0.163 e. The first-order valence-electron chi connectivity index (χ1n) is 11.0. The lowest BCUT2D eigenvalue weighted by molar-refractivity contribution is -0.138. The van der Waals surface area contributed by atoms with Crippen LogP contribution in [-0.4, -0.2) is 21.5 Å². The van der Waals surface area contributed by atoms with E-state index < -0.39 is 11.7 Å². The Balaban J connectivity index is 2.09. The number of hydrogen-bond acceptors (Lipinski definition) is 5. The highest BCUT2D eigenvalue weighted by Gasteiger charge is 2.32. The van der Waals surface area contributed by atoms with Crippen LogP contribution in [0.25, 0.3) is 21.3 Å². The number of aliphatic hydroxyl groups is 1. The van der Waals surface area contributed by atoms with E-state index in [9.17, 15) is 9.90 Å². The van der Waals surface area contributed by atoms with Crippen LogP contribution in [0.3, 0.4) is 0 Å². The van der Waals surface area contributed by atoms with Crippen molar-refractivity contribution in [2.75, 3.05) is 0 Å². The number of benzene rings is 1. The molecule has 31 heavy (non-hydrogen) atoms. The van der Waals surface area contributed by atoms with Crippen molar-refractivity contribution in [3.05, 3.63) is 51.5 Å². The van der Waals surface area contributed by atoms with Gasteiger partial charge in [0.05, 0.1) is 12.2 Å². The van der Waals surface area contributed by atoms with Gasteiger partial charge in [-0.25, -0.2) is 4.98 Å². The Morgan fingerprint density at radius 1 is 1.26 bits per heavy atom. The summed E-state index contributed by atoms with van der Waals surface area (Å²) >= 11 is 1.79. The third-order valence-corrected chi connectivity index (χ3v) is 7.02. The highest BCUT2D eigenvalue weighted by molar-refractivity contribution is 7.19. The number of fused-ring (bicyclic) bond motifs is 3. The van der Waals surface area contributed by atoms with Crippen LogP contribution >= 0.6 is 11.3 Å². The number of ketones is 1. The third-order valence-electron chi connectivity index (χ3n) is 5.83. The summed E-state index contributed by atoms with van der Waals surface area (Å²) in [7, 11) is 0. The SMILES string of the molecule is CC(=O)C(OC(C)(C)C)c1c(C)nc2sc3c(c2c1-c1cccc(CO)c1)CCCC3. The van der Waals surface area contributed by atoms with E-state index >= 15 is 0 Å². The van der Waals surface area contributed by atoms with Gasteiger partial charge in [-0.05, 0) is 83.1 Å². The van der Waals surface area contributed by atoms with Gasteiger partial charge in [0.1, 0.15) is 10.9 Å². The molecule has 0 aliphatic heterocycles. The number of aromatic nitrogens is 1. The summed E-state index contributed by atoms with van der Waals surface area (Å²) in [5.74, 6) is -0.0252. The first kappa shape index (κ1) is 22.1. The van der Waals surface area contributed by atoms with Crippen molar-refractivity contribution in [1.82, 2.24) is 4.98 Å². The maximum absolute atomic E-state index is 12.9. The van der Waals surface area contributed by atoms with Gasteiger partial charge in [-0.3, -0.25) is 4.79 Å². The van der Waals surface area contributed by atoms with E-state index in [1.807, 2.05) is 45.9 Å². The third kappa shape index (κ3) is 4.32. The van der Waals surface area contributed by atoms with Gasteiger partial charge in [-0.2, -0.15) is 0 Å². The topological polar surface area (TPSA) is 59.4 Å². The number of aliphatic hydroxyl groups excluding tert-OH is 1. The number of carbonyl (C=O) groups is 1. The van der Waals surface area contributed by atoms with Gasteiger partial charge >= 0.3 is 0 Å². The maximum atomic E-state index is 12.9. The quantitative estimate of drug-likeness (QED) is 0.525. The summed E-state index contributed by atoms with van der Waals surface area (Å²) < 4.78 is 6.32. The van der Waals surface area contributed by atoms with E-state index in [1.165, 1.54) is 28.7 Å². The molecule has 0 bridgehead atoms. The molecule has 1 aliphatic carbocycles. The first-order chi connectivity index (χ1) is 14.7. The number of hydrogen-bond donors (Lipinski definition) is 1. The molecule has 164 valence electrons. The molecule has 1 unspecified atom stereocenters. The van der Waals surface area contributed by atoms with E-state index in [4.69, 9.17) is 9.72 Å². The number of rotatable bonds is 5. The van der Waals surface area contributed by atoms with Gasteiger partial charge in [-0.1, -0.05) is 18.2 Å². The lowest BCUT2D eigenvalue weighted by Crippen LogP contribution is -2.27. The van der Waals surface area contributed by atoms with Crippen molar-refractivity contribution >= 4 is 27.3 Å². The van der Waals surface area contributed by atoms with Gasteiger partial charge in [0.15, 0.2) is 5.78 Å². The summed E-state index contributed by atoms with van der Waals surface area (Å²) in [6.07, 6.45) is 3.83. The van der Waals surface area contributed by atoms with E-state index in [-0.39, 0.29) is 12.4 Å². The van der Waals surface area contributed by atoms with Crippen molar-refractivity contribution in [3.63, 3.8) is 0 Å². The van der Waals surface area contributed by atoms with Crippen molar-refractivity contribution in [1.29, 1.82) is 0 Å². The monoisotopic (exact) mass is 437 g/mol. The average molecular weight is 438 g/mol. The fraction of sp³-hybridized carbons (Fsp3) is 0.462. The Morgan fingerprint density at radius 2 is 2.00 bits per heavy atom. The van der Waals surface area contributed by atoms with Crippen molar-refractivity contribution in [3.8, 4) is 11.1 Å². The molecule has 0 amide bonds. The molecule has 0 fully saturated rings. The van der Waals surface area contributed by atoms with Crippen LogP contribution in [0.5, 0.6) is 0 Å². The number of ether oxygens (including phenoxy) is 1. The second kappa shape index (κ2) is 8.45. The summed E-state index contributed by atoms with van der Waals surface area (Å²) in [5.41, 5.74) is 5.49. The molecular formula is C26H31NO3S. The highest BCUT2D eigenvalue weighted by Crippen LogP contribution is 2.45. The molecule has 4 rings (SSSR count). The molecule has 4 nitrogen and oxygen atoms in total. The Bertz CT molecular complexity index is 1140. The van der Waals surface area contributed by atoms with Crippen LogP contribution in [0.15, 0.2) is 24.3 Å². The molecule has 0 spiro atoms. The zero-order valence-corrected chi connectivity index (χ0v) is 19.9. The van der Waals surface area contributed by atoms with Gasteiger partial charge in [0, 0.05) is 27.1 Å². The van der Waals surface area contributed by atoms with Crippen molar-refractivity contribution in [2.45, 2.75) is 78.6 Å². The van der Waals surface area contributed by atoms with Gasteiger partial charge in [0.25, 0.3) is 0 Å². The Hall–Kier alpha value is -2.08. The Labute approximate surface area is 188 Å². The molecule has 3 aromatic rings. The minimum Gasteiger partial charge on any atom is -0.392 e. The van der Waals surface area contributed by atoms with Crippen LogP contribution < -0.4 is 0 Å². The van der Waals surface area contributed by atoms with Crippen molar-refractivity contribution in [2.24, 2.45) is 0 Å². The molecule has 1 atom stereocenters. The molecule has 0 radical (unpaired) electrons. The predicted molar refractivity (Wildman–Crippen MR) is 127 cm³/mol. The van der Waals surface area contributed by atoms with E-state index in [0.717, 1.165) is 45.6 Å². The van der Waals surface area contributed by atoms with Gasteiger partial charge in [0.2, 0.25) is 0 Å². The van der Waals surface area contributed by atoms with Crippen LogP contribution in [0.2, 0.25) is 0 Å². The second-order valence-corrected chi connectivity index (χ2v) is 10.5. The van der Waals surface area contributed by atoms with E-state index in [0.29, 0.717) is 0 Å². The number of Topliss-reactive ketones (excluding diaryl/α,β-unsaturated/α-hetero) is 1. The molecule has 0 saturated carbocycles. The smallest absolute Gasteiger partial charge is 0.163 e. The molecular weight excluding hydrogens is 406 g/mol. The number of thiophene rings is 1.